The van der Waals surface area contributed by atoms with Crippen LogP contribution in [0.5, 0.6) is 0 Å². The maximum absolute atomic E-state index is 13.9. The lowest BCUT2D eigenvalue weighted by Gasteiger charge is -2.32. The molecule has 0 saturated heterocycles. The first kappa shape index (κ1) is 30.4. The zero-order valence-corrected chi connectivity index (χ0v) is 25.3. The third-order valence-electron chi connectivity index (χ3n) is 6.60. The van der Waals surface area contributed by atoms with Crippen molar-refractivity contribution in [3.8, 4) is 0 Å². The molecule has 2 amide bonds. The van der Waals surface area contributed by atoms with E-state index in [1.165, 1.54) is 17.0 Å². The summed E-state index contributed by atoms with van der Waals surface area (Å²) in [5.41, 5.74) is 3.14. The molecule has 0 unspecified atom stereocenters. The number of nitrogens with one attached hydrogen (secondary N) is 1. The van der Waals surface area contributed by atoms with Crippen LogP contribution in [0.2, 0.25) is 0 Å². The summed E-state index contributed by atoms with van der Waals surface area (Å²) in [4.78, 5) is 28.5. The molecule has 0 saturated carbocycles. The van der Waals surface area contributed by atoms with Crippen LogP contribution >= 0.6 is 15.9 Å². The van der Waals surface area contributed by atoms with E-state index in [1.54, 1.807) is 43.3 Å². The molecule has 3 rings (SSSR count). The number of unbranched alkanes of at least 4 members (excludes halogenated alkanes) is 1. The Morgan fingerprint density at radius 1 is 0.949 bits per heavy atom. The molecule has 0 aliphatic carbocycles. The zero-order valence-electron chi connectivity index (χ0n) is 22.9. The molecule has 3 aromatic rings. The van der Waals surface area contributed by atoms with Crippen molar-refractivity contribution in [1.29, 1.82) is 0 Å². The van der Waals surface area contributed by atoms with Crippen LogP contribution in [-0.2, 0) is 26.2 Å². The molecule has 1 atom stereocenters. The molecular weight excluding hydrogens is 578 g/mol. The predicted octanol–water partition coefficient (Wildman–Crippen LogP) is 5.59. The quantitative estimate of drug-likeness (QED) is 0.270. The lowest BCUT2D eigenvalue weighted by molar-refractivity contribution is -0.139. The molecule has 0 spiro atoms. The molecule has 1 N–H and O–H groups in total. The first-order valence-electron chi connectivity index (χ1n) is 13.0. The Morgan fingerprint density at radius 2 is 1.59 bits per heavy atom. The number of hydrogen-bond acceptors (Lipinski definition) is 4. The first-order valence-corrected chi connectivity index (χ1v) is 15.2. The summed E-state index contributed by atoms with van der Waals surface area (Å²) in [6.07, 6.45) is 1.76. The normalized spacial score (nSPS) is 12.0. The van der Waals surface area contributed by atoms with E-state index in [2.05, 4.69) is 21.2 Å². The van der Waals surface area contributed by atoms with Crippen molar-refractivity contribution in [1.82, 2.24) is 10.2 Å². The van der Waals surface area contributed by atoms with Crippen molar-refractivity contribution in [2.24, 2.45) is 0 Å². The van der Waals surface area contributed by atoms with Gasteiger partial charge in [-0.25, -0.2) is 8.42 Å². The van der Waals surface area contributed by atoms with Gasteiger partial charge in [0.25, 0.3) is 10.0 Å². The minimum Gasteiger partial charge on any atom is -0.354 e. The maximum Gasteiger partial charge on any atom is 0.264 e. The number of hydrogen-bond donors (Lipinski definition) is 1. The van der Waals surface area contributed by atoms with Crippen molar-refractivity contribution in [3.05, 3.63) is 94.0 Å². The van der Waals surface area contributed by atoms with Crippen molar-refractivity contribution < 1.29 is 18.0 Å². The van der Waals surface area contributed by atoms with Gasteiger partial charge in [0.2, 0.25) is 11.8 Å². The highest BCUT2D eigenvalue weighted by molar-refractivity contribution is 9.10. The molecule has 39 heavy (non-hydrogen) atoms. The molecule has 3 aromatic carbocycles. The first-order chi connectivity index (χ1) is 18.5. The second-order valence-corrected chi connectivity index (χ2v) is 12.3. The van der Waals surface area contributed by atoms with Gasteiger partial charge in [-0.05, 0) is 74.7 Å². The highest BCUT2D eigenvalue weighted by atomic mass is 79.9. The SMILES string of the molecule is CCCCNC(=O)[C@H](C)N(Cc1ccccc1C)C(=O)CN(c1ccc(Br)cc1)S(=O)(=O)c1ccc(C)cc1. The van der Waals surface area contributed by atoms with E-state index < -0.39 is 28.5 Å². The van der Waals surface area contributed by atoms with Crippen molar-refractivity contribution in [2.75, 3.05) is 17.4 Å². The largest absolute Gasteiger partial charge is 0.354 e. The van der Waals surface area contributed by atoms with Gasteiger partial charge in [0.1, 0.15) is 12.6 Å². The smallest absolute Gasteiger partial charge is 0.264 e. The summed E-state index contributed by atoms with van der Waals surface area (Å²) in [6.45, 7) is 7.76. The minimum atomic E-state index is -4.09. The van der Waals surface area contributed by atoms with E-state index in [1.807, 2.05) is 45.0 Å². The van der Waals surface area contributed by atoms with Crippen LogP contribution in [0.25, 0.3) is 0 Å². The molecule has 9 heteroatoms. The van der Waals surface area contributed by atoms with E-state index in [-0.39, 0.29) is 17.3 Å². The molecule has 0 radical (unpaired) electrons. The average Bonchev–Trinajstić information content (AvgIpc) is 2.91. The number of carbonyl (C=O) groups is 2. The van der Waals surface area contributed by atoms with Gasteiger partial charge in [-0.1, -0.05) is 71.2 Å². The summed E-state index contributed by atoms with van der Waals surface area (Å²) >= 11 is 3.39. The molecule has 0 fully saturated rings. The van der Waals surface area contributed by atoms with Crippen LogP contribution in [0.3, 0.4) is 0 Å². The monoisotopic (exact) mass is 613 g/mol. The number of aryl methyl sites for hydroxylation is 2. The lowest BCUT2D eigenvalue weighted by Crippen LogP contribution is -2.51. The van der Waals surface area contributed by atoms with Gasteiger partial charge in [0, 0.05) is 17.6 Å². The number of rotatable bonds is 12. The maximum atomic E-state index is 13.9. The van der Waals surface area contributed by atoms with Gasteiger partial charge in [0.05, 0.1) is 10.6 Å². The Labute approximate surface area is 240 Å². The third kappa shape index (κ3) is 7.92. The minimum absolute atomic E-state index is 0.0830. The van der Waals surface area contributed by atoms with Crippen LogP contribution in [-0.4, -0.2) is 44.3 Å². The third-order valence-corrected chi connectivity index (χ3v) is 8.92. The van der Waals surface area contributed by atoms with E-state index in [0.29, 0.717) is 12.2 Å². The molecular formula is C30H36BrN3O4S. The average molecular weight is 615 g/mol. The van der Waals surface area contributed by atoms with Gasteiger partial charge < -0.3 is 10.2 Å². The summed E-state index contributed by atoms with van der Waals surface area (Å²) in [7, 11) is -4.09. The Hall–Kier alpha value is -3.17. The van der Waals surface area contributed by atoms with Gasteiger partial charge >= 0.3 is 0 Å². The van der Waals surface area contributed by atoms with Crippen LogP contribution in [0, 0.1) is 13.8 Å². The molecule has 0 aromatic heterocycles. The van der Waals surface area contributed by atoms with E-state index in [4.69, 9.17) is 0 Å². The van der Waals surface area contributed by atoms with Crippen LogP contribution in [0.1, 0.15) is 43.4 Å². The van der Waals surface area contributed by atoms with Crippen LogP contribution in [0.4, 0.5) is 5.69 Å². The summed E-state index contributed by atoms with van der Waals surface area (Å²) in [6, 6.07) is 20.1. The molecule has 0 bridgehead atoms. The highest BCUT2D eigenvalue weighted by Crippen LogP contribution is 2.26. The summed E-state index contributed by atoms with van der Waals surface area (Å²) in [5.74, 6) is -0.753. The Balaban J connectivity index is 2.00. The van der Waals surface area contributed by atoms with Crippen LogP contribution in [0.15, 0.2) is 82.2 Å². The van der Waals surface area contributed by atoms with E-state index >= 15 is 0 Å². The van der Waals surface area contributed by atoms with Gasteiger partial charge in [-0.3, -0.25) is 13.9 Å². The second-order valence-electron chi connectivity index (χ2n) is 9.57. The van der Waals surface area contributed by atoms with Crippen LogP contribution < -0.4 is 9.62 Å². The Morgan fingerprint density at radius 3 is 2.21 bits per heavy atom. The van der Waals surface area contributed by atoms with Gasteiger partial charge in [0.15, 0.2) is 0 Å². The number of amides is 2. The second kappa shape index (κ2) is 13.8. The Bertz CT molecular complexity index is 1380. The van der Waals surface area contributed by atoms with Gasteiger partial charge in [-0.2, -0.15) is 0 Å². The number of anilines is 1. The number of carbonyl (C=O) groups excluding carboxylic acids is 2. The lowest BCUT2D eigenvalue weighted by atomic mass is 10.1. The number of nitrogens with zero attached hydrogens (tertiary/aromatic N) is 2. The molecule has 7 nitrogen and oxygen atoms in total. The topological polar surface area (TPSA) is 86.8 Å². The highest BCUT2D eigenvalue weighted by Gasteiger charge is 2.32. The zero-order chi connectivity index (χ0) is 28.6. The fourth-order valence-corrected chi connectivity index (χ4v) is 5.74. The molecule has 0 aliphatic heterocycles. The molecule has 0 heterocycles. The standard InChI is InChI=1S/C30H36BrN3O4S/c1-5-6-19-32-30(36)24(4)33(20-25-10-8-7-9-23(25)3)29(35)21-34(27-15-13-26(31)14-16-27)39(37,38)28-17-11-22(2)12-18-28/h7-18,24H,5-6,19-21H2,1-4H3,(H,32,36)/t24-/m0/s1. The van der Waals surface area contributed by atoms with Gasteiger partial charge in [-0.15, -0.1) is 0 Å². The fraction of sp³-hybridized carbons (Fsp3) is 0.333. The molecule has 208 valence electrons. The number of sulfonamides is 1. The van der Waals surface area contributed by atoms with Crippen molar-refractivity contribution >= 4 is 43.5 Å². The predicted molar refractivity (Wildman–Crippen MR) is 159 cm³/mol. The number of halogens is 1. The van der Waals surface area contributed by atoms with E-state index in [9.17, 15) is 18.0 Å². The Kier molecular flexibility index (Phi) is 10.7. The fourth-order valence-electron chi connectivity index (χ4n) is 4.06. The van der Waals surface area contributed by atoms with Crippen molar-refractivity contribution in [2.45, 2.75) is 58.0 Å². The van der Waals surface area contributed by atoms with Crippen molar-refractivity contribution in [3.63, 3.8) is 0 Å². The summed E-state index contributed by atoms with van der Waals surface area (Å²) in [5, 5.41) is 2.90. The molecule has 0 aliphatic rings. The number of benzene rings is 3. The van der Waals surface area contributed by atoms with E-state index in [0.717, 1.165) is 38.3 Å². The summed E-state index contributed by atoms with van der Waals surface area (Å²) < 4.78 is 29.6.